The first-order valence-corrected chi connectivity index (χ1v) is 20.7. The summed E-state index contributed by atoms with van der Waals surface area (Å²) in [6, 6.07) is 70.3. The van der Waals surface area contributed by atoms with Crippen LogP contribution in [0.25, 0.3) is 54.6 Å². The van der Waals surface area contributed by atoms with E-state index in [4.69, 9.17) is 4.42 Å². The summed E-state index contributed by atoms with van der Waals surface area (Å²) in [4.78, 5) is 4.76. The van der Waals surface area contributed by atoms with E-state index in [1.165, 1.54) is 38.7 Å². The number of anilines is 6. The van der Waals surface area contributed by atoms with Crippen molar-refractivity contribution in [1.29, 1.82) is 0 Å². The molecule has 3 nitrogen and oxygen atoms in total. The van der Waals surface area contributed by atoms with Crippen LogP contribution >= 0.6 is 0 Å². The van der Waals surface area contributed by atoms with Crippen LogP contribution in [0.2, 0.25) is 0 Å². The molecule has 0 N–H and O–H groups in total. The van der Waals surface area contributed by atoms with Gasteiger partial charge in [0.2, 0.25) is 0 Å². The van der Waals surface area contributed by atoms with Gasteiger partial charge in [0.15, 0.2) is 0 Å². The van der Waals surface area contributed by atoms with Crippen LogP contribution in [0.15, 0.2) is 199 Å². The molecular weight excluding hydrogens is 717 g/mol. The number of para-hydroxylation sites is 4. The summed E-state index contributed by atoms with van der Waals surface area (Å²) in [6.45, 7) is 9.05. The number of rotatable bonds is 9. The van der Waals surface area contributed by atoms with Gasteiger partial charge in [-0.1, -0.05) is 131 Å². The molecule has 0 bridgehead atoms. The SMILES string of the molecule is CC(C)c1ccccc1N(c1ccccc1)c1ccc2cc(-c3ccc4c(c3)oc3cc5cc(N(c6ccccc6)c6ccccc6C(C)C)ccc5cc34)ccc2c1. The van der Waals surface area contributed by atoms with Crippen LogP contribution in [-0.2, 0) is 0 Å². The largest absolute Gasteiger partial charge is 0.456 e. The van der Waals surface area contributed by atoms with E-state index in [-0.39, 0.29) is 0 Å². The Hall–Kier alpha value is -7.10. The highest BCUT2D eigenvalue weighted by atomic mass is 16.3. The van der Waals surface area contributed by atoms with Gasteiger partial charge in [0.1, 0.15) is 11.2 Å². The average molecular weight is 763 g/mol. The van der Waals surface area contributed by atoms with Crippen molar-refractivity contribution >= 4 is 77.6 Å². The van der Waals surface area contributed by atoms with Crippen molar-refractivity contribution < 1.29 is 4.42 Å². The molecule has 0 aliphatic rings. The molecule has 0 fully saturated rings. The topological polar surface area (TPSA) is 19.6 Å². The van der Waals surface area contributed by atoms with Crippen LogP contribution in [0.1, 0.15) is 50.7 Å². The van der Waals surface area contributed by atoms with Crippen LogP contribution < -0.4 is 9.80 Å². The number of fused-ring (bicyclic) bond motifs is 5. The average Bonchev–Trinajstić information content (AvgIpc) is 3.63. The summed E-state index contributed by atoms with van der Waals surface area (Å²) >= 11 is 0. The first-order valence-electron chi connectivity index (χ1n) is 20.7. The summed E-state index contributed by atoms with van der Waals surface area (Å²) in [7, 11) is 0. The molecule has 0 saturated heterocycles. The van der Waals surface area contributed by atoms with Crippen molar-refractivity contribution in [3.63, 3.8) is 0 Å². The molecule has 10 aromatic rings. The third-order valence-electron chi connectivity index (χ3n) is 11.7. The fourth-order valence-electron chi connectivity index (χ4n) is 8.74. The zero-order chi connectivity index (χ0) is 40.0. The zero-order valence-corrected chi connectivity index (χ0v) is 33.9. The summed E-state index contributed by atoms with van der Waals surface area (Å²) < 4.78 is 6.66. The highest BCUT2D eigenvalue weighted by Crippen LogP contribution is 2.43. The summed E-state index contributed by atoms with van der Waals surface area (Å²) in [5.41, 5.74) is 13.7. The lowest BCUT2D eigenvalue weighted by Gasteiger charge is -2.29. The molecule has 1 aromatic heterocycles. The van der Waals surface area contributed by atoms with Crippen molar-refractivity contribution in [3.05, 3.63) is 205 Å². The third kappa shape index (κ3) is 6.69. The van der Waals surface area contributed by atoms with Crippen molar-refractivity contribution in [1.82, 2.24) is 0 Å². The van der Waals surface area contributed by atoms with Crippen molar-refractivity contribution in [2.45, 2.75) is 39.5 Å². The van der Waals surface area contributed by atoms with Gasteiger partial charge in [0.25, 0.3) is 0 Å². The number of hydrogen-bond acceptors (Lipinski definition) is 3. The molecule has 10 rings (SSSR count). The molecule has 9 aromatic carbocycles. The second-order valence-corrected chi connectivity index (χ2v) is 16.2. The highest BCUT2D eigenvalue weighted by Gasteiger charge is 2.20. The van der Waals surface area contributed by atoms with Crippen LogP contribution in [0.4, 0.5) is 34.1 Å². The molecule has 3 heteroatoms. The monoisotopic (exact) mass is 762 g/mol. The molecule has 0 spiro atoms. The molecule has 0 unspecified atom stereocenters. The predicted molar refractivity (Wildman–Crippen MR) is 252 cm³/mol. The van der Waals surface area contributed by atoms with Crippen LogP contribution in [0.5, 0.6) is 0 Å². The maximum absolute atomic E-state index is 6.66. The van der Waals surface area contributed by atoms with Gasteiger partial charge < -0.3 is 14.2 Å². The van der Waals surface area contributed by atoms with Crippen LogP contribution in [0.3, 0.4) is 0 Å². The quantitative estimate of drug-likeness (QED) is 0.146. The molecule has 0 saturated carbocycles. The van der Waals surface area contributed by atoms with E-state index in [0.29, 0.717) is 11.8 Å². The van der Waals surface area contributed by atoms with Crippen molar-refractivity contribution in [2.24, 2.45) is 0 Å². The summed E-state index contributed by atoms with van der Waals surface area (Å²) in [6.07, 6.45) is 0. The van der Waals surface area contributed by atoms with Gasteiger partial charge in [-0.05, 0) is 147 Å². The number of nitrogens with zero attached hydrogens (tertiary/aromatic N) is 2. The summed E-state index contributed by atoms with van der Waals surface area (Å²) in [5, 5.41) is 6.98. The minimum Gasteiger partial charge on any atom is -0.456 e. The molecule has 1 heterocycles. The Morgan fingerprint density at radius 1 is 0.339 bits per heavy atom. The fraction of sp³-hybridized carbons (Fsp3) is 0.107. The Kier molecular flexibility index (Phi) is 9.22. The van der Waals surface area contributed by atoms with Crippen molar-refractivity contribution in [3.8, 4) is 11.1 Å². The number of furan rings is 1. The Balaban J connectivity index is 1.01. The number of benzene rings is 9. The first-order chi connectivity index (χ1) is 28.9. The smallest absolute Gasteiger partial charge is 0.136 e. The first kappa shape index (κ1) is 36.3. The maximum Gasteiger partial charge on any atom is 0.136 e. The Morgan fingerprint density at radius 2 is 0.797 bits per heavy atom. The minimum atomic E-state index is 0.384. The fourth-order valence-corrected chi connectivity index (χ4v) is 8.74. The van der Waals surface area contributed by atoms with Crippen molar-refractivity contribution in [2.75, 3.05) is 9.80 Å². The second kappa shape index (κ2) is 15.0. The maximum atomic E-state index is 6.66. The van der Waals surface area contributed by atoms with Gasteiger partial charge in [-0.3, -0.25) is 0 Å². The Bertz CT molecular complexity index is 3120. The van der Waals surface area contributed by atoms with Gasteiger partial charge in [0, 0.05) is 44.9 Å². The predicted octanol–water partition coefficient (Wildman–Crippen LogP) is 16.7. The number of hydrogen-bond donors (Lipinski definition) is 0. The Labute approximate surface area is 346 Å². The molecular formula is C56H46N2O. The van der Waals surface area contributed by atoms with Gasteiger partial charge in [0.05, 0.1) is 0 Å². The molecule has 59 heavy (non-hydrogen) atoms. The Morgan fingerprint density at radius 3 is 1.39 bits per heavy atom. The van der Waals surface area contributed by atoms with Gasteiger partial charge in [-0.2, -0.15) is 0 Å². The summed E-state index contributed by atoms with van der Waals surface area (Å²) in [5.74, 6) is 0.778. The van der Waals surface area contributed by atoms with E-state index < -0.39 is 0 Å². The standard InChI is InChI=1S/C56H46N2O/c1-37(2)49-19-11-13-21-53(49)57(45-15-7-5-8-16-45)47-28-25-40-31-39(23-24-41(40)32-47)43-27-30-51-52-34-42-26-29-48(33-44(42)36-56(52)59-55(51)35-43)58(46-17-9-6-10-18-46)54-22-14-12-20-50(54)38(3)4/h5-38H,1-4H3. The second-order valence-electron chi connectivity index (χ2n) is 16.2. The minimum absolute atomic E-state index is 0.384. The van der Waals surface area contributed by atoms with Gasteiger partial charge >= 0.3 is 0 Å². The molecule has 286 valence electrons. The van der Waals surface area contributed by atoms with Crippen LogP contribution in [-0.4, -0.2) is 0 Å². The highest BCUT2D eigenvalue weighted by molar-refractivity contribution is 6.11. The van der Waals surface area contributed by atoms with E-state index in [9.17, 15) is 0 Å². The molecule has 0 atom stereocenters. The van der Waals surface area contributed by atoms with Gasteiger partial charge in [-0.25, -0.2) is 0 Å². The van der Waals surface area contributed by atoms with E-state index in [0.717, 1.165) is 61.2 Å². The van der Waals surface area contributed by atoms with E-state index in [2.05, 4.69) is 232 Å². The van der Waals surface area contributed by atoms with E-state index in [1.54, 1.807) is 0 Å². The zero-order valence-electron chi connectivity index (χ0n) is 33.9. The van der Waals surface area contributed by atoms with Gasteiger partial charge in [-0.15, -0.1) is 0 Å². The molecule has 0 aliphatic heterocycles. The lowest BCUT2D eigenvalue weighted by molar-refractivity contribution is 0.669. The van der Waals surface area contributed by atoms with Crippen LogP contribution in [0, 0.1) is 0 Å². The normalized spacial score (nSPS) is 11.7. The van der Waals surface area contributed by atoms with E-state index >= 15 is 0 Å². The third-order valence-corrected chi connectivity index (χ3v) is 11.7. The lowest BCUT2D eigenvalue weighted by Crippen LogP contribution is -2.12. The lowest BCUT2D eigenvalue weighted by atomic mass is 9.98. The van der Waals surface area contributed by atoms with E-state index in [1.807, 2.05) is 0 Å². The molecule has 0 amide bonds. The molecule has 0 radical (unpaired) electrons. The molecule has 0 aliphatic carbocycles.